The van der Waals surface area contributed by atoms with Gasteiger partial charge in [-0.05, 0) is 31.7 Å². The number of nitrogens with two attached hydrogens (primary N) is 1. The molecular weight excluding hydrogens is 284 g/mol. The van der Waals surface area contributed by atoms with Gasteiger partial charge in [0, 0.05) is 24.5 Å². The van der Waals surface area contributed by atoms with Crippen LogP contribution in [0.3, 0.4) is 0 Å². The van der Waals surface area contributed by atoms with Crippen molar-refractivity contribution in [2.75, 3.05) is 11.1 Å². The Morgan fingerprint density at radius 2 is 2.09 bits per heavy atom. The maximum atomic E-state index is 11.0. The molecule has 0 bridgehead atoms. The first-order chi connectivity index (χ1) is 10.6. The number of nitrogen functional groups attached to an aromatic ring is 1. The van der Waals surface area contributed by atoms with Crippen LogP contribution in [0.4, 0.5) is 11.8 Å². The highest BCUT2D eigenvalue weighted by atomic mass is 16.4. The van der Waals surface area contributed by atoms with Gasteiger partial charge in [-0.1, -0.05) is 0 Å². The van der Waals surface area contributed by atoms with Crippen molar-refractivity contribution in [3.05, 3.63) is 24.5 Å². The summed E-state index contributed by atoms with van der Waals surface area (Å²) in [7, 11) is 0. The lowest BCUT2D eigenvalue weighted by atomic mass is 9.86. The molecular formula is C14H18N6O2. The van der Waals surface area contributed by atoms with Crippen LogP contribution < -0.4 is 11.1 Å². The van der Waals surface area contributed by atoms with E-state index >= 15 is 0 Å². The number of hydrogen-bond acceptors (Lipinski definition) is 6. The molecule has 1 aliphatic rings. The number of rotatable bonds is 4. The highest BCUT2D eigenvalue weighted by molar-refractivity contribution is 5.70. The zero-order valence-electron chi connectivity index (χ0n) is 12.0. The molecule has 4 N–H and O–H groups in total. The van der Waals surface area contributed by atoms with E-state index in [1.165, 1.54) is 0 Å². The fourth-order valence-corrected chi connectivity index (χ4v) is 2.74. The molecule has 0 aliphatic heterocycles. The molecule has 1 fully saturated rings. The van der Waals surface area contributed by atoms with E-state index in [2.05, 4.69) is 20.4 Å². The first-order valence-corrected chi connectivity index (χ1v) is 7.26. The summed E-state index contributed by atoms with van der Waals surface area (Å²) in [5, 5.41) is 16.5. The molecule has 2 heterocycles. The van der Waals surface area contributed by atoms with Crippen LogP contribution in [-0.2, 0) is 4.79 Å². The molecule has 0 radical (unpaired) electrons. The molecule has 1 aliphatic carbocycles. The van der Waals surface area contributed by atoms with Crippen LogP contribution in [0.25, 0.3) is 5.82 Å². The van der Waals surface area contributed by atoms with Crippen molar-refractivity contribution in [2.45, 2.75) is 31.7 Å². The Hall–Kier alpha value is -2.64. The van der Waals surface area contributed by atoms with Crippen LogP contribution in [0, 0.1) is 5.92 Å². The van der Waals surface area contributed by atoms with Crippen LogP contribution >= 0.6 is 0 Å². The van der Waals surface area contributed by atoms with Crippen LogP contribution in [-0.4, -0.2) is 36.9 Å². The highest BCUT2D eigenvalue weighted by Crippen LogP contribution is 2.26. The number of nitrogens with one attached hydrogen (secondary N) is 1. The Balaban J connectivity index is 1.70. The average molecular weight is 302 g/mol. The lowest BCUT2D eigenvalue weighted by Crippen LogP contribution is -2.29. The number of nitrogens with zero attached hydrogens (tertiary/aromatic N) is 4. The van der Waals surface area contributed by atoms with Gasteiger partial charge in [-0.15, -0.1) is 0 Å². The summed E-state index contributed by atoms with van der Waals surface area (Å²) in [6.07, 6.45) is 6.41. The standard InChI is InChI=1S/C14H18N6O2/c15-14-18-11(8-12(19-14)20-7-1-6-16-20)17-10-4-2-9(3-5-10)13(21)22/h1,6-10H,2-5H2,(H,21,22)(H3,15,17,18,19). The molecule has 1 saturated carbocycles. The number of carbonyl (C=O) groups is 1. The van der Waals surface area contributed by atoms with E-state index in [0.717, 1.165) is 12.8 Å². The SMILES string of the molecule is Nc1nc(NC2CCC(C(=O)O)CC2)cc(-n2cccn2)n1. The topological polar surface area (TPSA) is 119 Å². The maximum Gasteiger partial charge on any atom is 0.306 e. The third-order valence-corrected chi connectivity index (χ3v) is 3.90. The van der Waals surface area contributed by atoms with Crippen molar-refractivity contribution in [3.8, 4) is 5.82 Å². The largest absolute Gasteiger partial charge is 0.481 e. The summed E-state index contributed by atoms with van der Waals surface area (Å²) in [6.45, 7) is 0. The van der Waals surface area contributed by atoms with Gasteiger partial charge in [-0.2, -0.15) is 15.1 Å². The molecule has 116 valence electrons. The van der Waals surface area contributed by atoms with Crippen LogP contribution in [0.2, 0.25) is 0 Å². The summed E-state index contributed by atoms with van der Waals surface area (Å²) in [5.41, 5.74) is 5.75. The normalized spacial score (nSPS) is 21.5. The smallest absolute Gasteiger partial charge is 0.306 e. The van der Waals surface area contributed by atoms with Crippen LogP contribution in [0.15, 0.2) is 24.5 Å². The molecule has 8 nitrogen and oxygen atoms in total. The third kappa shape index (κ3) is 3.16. The van der Waals surface area contributed by atoms with Gasteiger partial charge in [0.2, 0.25) is 5.95 Å². The van der Waals surface area contributed by atoms with Gasteiger partial charge in [-0.3, -0.25) is 4.79 Å². The van der Waals surface area contributed by atoms with Gasteiger partial charge in [0.05, 0.1) is 5.92 Å². The quantitative estimate of drug-likeness (QED) is 0.778. The number of anilines is 2. The summed E-state index contributed by atoms with van der Waals surface area (Å²) in [5.74, 6) is 0.476. The molecule has 0 saturated heterocycles. The number of carboxylic acid groups (broad SMARTS) is 1. The Morgan fingerprint density at radius 1 is 1.32 bits per heavy atom. The van der Waals surface area contributed by atoms with E-state index in [1.54, 1.807) is 29.2 Å². The van der Waals surface area contributed by atoms with Crippen molar-refractivity contribution in [2.24, 2.45) is 5.92 Å². The van der Waals surface area contributed by atoms with Crippen molar-refractivity contribution < 1.29 is 9.90 Å². The molecule has 2 aromatic heterocycles. The monoisotopic (exact) mass is 302 g/mol. The Kier molecular flexibility index (Phi) is 3.90. The van der Waals surface area contributed by atoms with Crippen molar-refractivity contribution in [3.63, 3.8) is 0 Å². The van der Waals surface area contributed by atoms with E-state index < -0.39 is 5.97 Å². The van der Waals surface area contributed by atoms with Gasteiger partial charge < -0.3 is 16.2 Å². The molecule has 0 aromatic carbocycles. The van der Waals surface area contributed by atoms with E-state index in [9.17, 15) is 4.79 Å². The molecule has 0 atom stereocenters. The van der Waals surface area contributed by atoms with Gasteiger partial charge in [0.15, 0.2) is 5.82 Å². The zero-order valence-corrected chi connectivity index (χ0v) is 12.0. The first-order valence-electron chi connectivity index (χ1n) is 7.26. The second kappa shape index (κ2) is 6.00. The Morgan fingerprint density at radius 3 is 2.73 bits per heavy atom. The van der Waals surface area contributed by atoms with Gasteiger partial charge in [-0.25, -0.2) is 4.68 Å². The van der Waals surface area contributed by atoms with Crippen molar-refractivity contribution >= 4 is 17.7 Å². The van der Waals surface area contributed by atoms with Gasteiger partial charge >= 0.3 is 5.97 Å². The Labute approximate surface area is 127 Å². The van der Waals surface area contributed by atoms with E-state index in [1.807, 2.05) is 0 Å². The number of aliphatic carboxylic acids is 1. The minimum atomic E-state index is -0.703. The van der Waals surface area contributed by atoms with E-state index in [-0.39, 0.29) is 17.9 Å². The molecule has 0 unspecified atom stereocenters. The lowest BCUT2D eigenvalue weighted by molar-refractivity contribution is -0.142. The fraction of sp³-hybridized carbons (Fsp3) is 0.429. The average Bonchev–Trinajstić information content (AvgIpc) is 3.01. The van der Waals surface area contributed by atoms with Crippen molar-refractivity contribution in [1.82, 2.24) is 19.7 Å². The molecule has 22 heavy (non-hydrogen) atoms. The summed E-state index contributed by atoms with van der Waals surface area (Å²) in [6, 6.07) is 3.79. The predicted molar refractivity (Wildman–Crippen MR) is 80.6 cm³/mol. The van der Waals surface area contributed by atoms with Gasteiger partial charge in [0.25, 0.3) is 0 Å². The first kappa shape index (κ1) is 14.3. The number of carboxylic acids is 1. The maximum absolute atomic E-state index is 11.0. The second-order valence-corrected chi connectivity index (χ2v) is 5.45. The van der Waals surface area contributed by atoms with Crippen LogP contribution in [0.1, 0.15) is 25.7 Å². The van der Waals surface area contributed by atoms with Crippen molar-refractivity contribution in [1.29, 1.82) is 0 Å². The third-order valence-electron chi connectivity index (χ3n) is 3.90. The minimum Gasteiger partial charge on any atom is -0.481 e. The Bertz CT molecular complexity index is 649. The van der Waals surface area contributed by atoms with E-state index in [0.29, 0.717) is 24.5 Å². The number of hydrogen-bond donors (Lipinski definition) is 3. The predicted octanol–water partition coefficient (Wildman–Crippen LogP) is 1.30. The fourth-order valence-electron chi connectivity index (χ4n) is 2.74. The molecule has 2 aromatic rings. The zero-order chi connectivity index (χ0) is 15.5. The van der Waals surface area contributed by atoms with Crippen LogP contribution in [0.5, 0.6) is 0 Å². The molecule has 8 heteroatoms. The van der Waals surface area contributed by atoms with Gasteiger partial charge in [0.1, 0.15) is 5.82 Å². The molecule has 3 rings (SSSR count). The summed E-state index contributed by atoms with van der Waals surface area (Å²) >= 11 is 0. The summed E-state index contributed by atoms with van der Waals surface area (Å²) < 4.78 is 1.62. The molecule has 0 amide bonds. The highest BCUT2D eigenvalue weighted by Gasteiger charge is 2.26. The van der Waals surface area contributed by atoms with E-state index in [4.69, 9.17) is 10.8 Å². The number of aromatic nitrogens is 4. The lowest BCUT2D eigenvalue weighted by Gasteiger charge is -2.27. The summed E-state index contributed by atoms with van der Waals surface area (Å²) in [4.78, 5) is 19.3. The minimum absolute atomic E-state index is 0.176. The molecule has 0 spiro atoms. The second-order valence-electron chi connectivity index (χ2n) is 5.45.